The molecule has 2 fully saturated rings. The molecule has 1 amide bonds. The van der Waals surface area contributed by atoms with Gasteiger partial charge in [0.1, 0.15) is 5.75 Å². The van der Waals surface area contributed by atoms with Crippen LogP contribution in [0.5, 0.6) is 5.75 Å². The maximum atomic E-state index is 13.3. The number of fused-ring (bicyclic) bond motifs is 4. The summed E-state index contributed by atoms with van der Waals surface area (Å²) in [5.41, 5.74) is 4.36. The number of hydrogen-bond acceptors (Lipinski definition) is 5. The van der Waals surface area contributed by atoms with Crippen LogP contribution in [0.1, 0.15) is 42.1 Å². The van der Waals surface area contributed by atoms with E-state index >= 15 is 0 Å². The van der Waals surface area contributed by atoms with Crippen molar-refractivity contribution in [1.82, 2.24) is 19.8 Å². The number of carbonyl (C=O) groups excluding carboxylic acids is 1. The highest BCUT2D eigenvalue weighted by Gasteiger charge is 2.53. The SMILES string of the molecule is COc1ccc2c3c([nH]c2c1)[C@H](CO)N(C(=O)CC1CC1)CC31CN(Cc2ccncc2)C1. The van der Waals surface area contributed by atoms with Gasteiger partial charge in [-0.05, 0) is 54.2 Å². The Balaban J connectivity index is 1.38. The minimum Gasteiger partial charge on any atom is -0.497 e. The number of methoxy groups -OCH3 is 1. The molecular weight excluding hydrogens is 416 g/mol. The molecule has 0 bridgehead atoms. The maximum absolute atomic E-state index is 13.3. The number of aliphatic hydroxyl groups excluding tert-OH is 1. The second-order valence-corrected chi connectivity index (χ2v) is 9.97. The van der Waals surface area contributed by atoms with E-state index in [1.165, 1.54) is 16.5 Å². The first kappa shape index (κ1) is 20.7. The monoisotopic (exact) mass is 446 g/mol. The summed E-state index contributed by atoms with van der Waals surface area (Å²) in [6.07, 6.45) is 6.55. The second-order valence-electron chi connectivity index (χ2n) is 9.97. The average molecular weight is 447 g/mol. The lowest BCUT2D eigenvalue weighted by Crippen LogP contribution is -2.66. The molecule has 7 nitrogen and oxygen atoms in total. The van der Waals surface area contributed by atoms with E-state index in [1.807, 2.05) is 29.4 Å². The topological polar surface area (TPSA) is 81.7 Å². The molecule has 1 atom stereocenters. The van der Waals surface area contributed by atoms with Crippen molar-refractivity contribution in [1.29, 1.82) is 0 Å². The zero-order chi connectivity index (χ0) is 22.6. The van der Waals surface area contributed by atoms with Crippen molar-refractivity contribution in [3.8, 4) is 5.75 Å². The summed E-state index contributed by atoms with van der Waals surface area (Å²) in [6, 6.07) is 9.91. The standard InChI is InChI=1S/C26H30N4O3/c1-33-19-4-5-20-21(11-19)28-25-22(13-31)30(23(32)10-17-2-3-17)16-26(24(20)25)14-29(15-26)12-18-6-8-27-9-7-18/h4-9,11,17,22,28,31H,2-3,10,12-16H2,1H3/t22-/m0/s1. The van der Waals surface area contributed by atoms with E-state index in [9.17, 15) is 9.90 Å². The molecule has 1 spiro atoms. The number of benzene rings is 1. The van der Waals surface area contributed by atoms with Crippen molar-refractivity contribution in [3.63, 3.8) is 0 Å². The summed E-state index contributed by atoms with van der Waals surface area (Å²) in [5.74, 6) is 1.49. The molecule has 0 radical (unpaired) electrons. The van der Waals surface area contributed by atoms with Gasteiger partial charge in [-0.3, -0.25) is 14.7 Å². The van der Waals surface area contributed by atoms with Crippen LogP contribution in [-0.2, 0) is 16.8 Å². The molecule has 7 heteroatoms. The van der Waals surface area contributed by atoms with Gasteiger partial charge in [0.15, 0.2) is 0 Å². The number of aromatic nitrogens is 2. The number of aliphatic hydroxyl groups is 1. The largest absolute Gasteiger partial charge is 0.497 e. The molecule has 1 saturated carbocycles. The van der Waals surface area contributed by atoms with Crippen molar-refractivity contribution < 1.29 is 14.6 Å². The van der Waals surface area contributed by atoms with Crippen LogP contribution in [0.3, 0.4) is 0 Å². The highest BCUT2D eigenvalue weighted by Crippen LogP contribution is 2.49. The van der Waals surface area contributed by atoms with Gasteiger partial charge in [0.05, 0.1) is 19.8 Å². The van der Waals surface area contributed by atoms with E-state index in [4.69, 9.17) is 4.74 Å². The van der Waals surface area contributed by atoms with Crippen LogP contribution in [0, 0.1) is 5.92 Å². The van der Waals surface area contributed by atoms with E-state index in [0.29, 0.717) is 18.9 Å². The van der Waals surface area contributed by atoms with Gasteiger partial charge in [0.25, 0.3) is 0 Å². The minimum atomic E-state index is -0.329. The number of rotatable bonds is 6. The Morgan fingerprint density at radius 1 is 1.21 bits per heavy atom. The third-order valence-corrected chi connectivity index (χ3v) is 7.61. The Morgan fingerprint density at radius 3 is 2.70 bits per heavy atom. The molecule has 1 aliphatic carbocycles. The number of H-pyrrole nitrogens is 1. The number of hydrogen-bond donors (Lipinski definition) is 2. The lowest BCUT2D eigenvalue weighted by molar-refractivity contribution is -0.139. The molecule has 2 aliphatic heterocycles. The second kappa shape index (κ2) is 7.85. The molecule has 172 valence electrons. The van der Waals surface area contributed by atoms with Gasteiger partial charge in [-0.2, -0.15) is 0 Å². The van der Waals surface area contributed by atoms with Crippen LogP contribution in [-0.4, -0.2) is 64.1 Å². The first-order chi connectivity index (χ1) is 16.1. The van der Waals surface area contributed by atoms with Gasteiger partial charge in [-0.25, -0.2) is 0 Å². The van der Waals surface area contributed by atoms with E-state index in [0.717, 1.165) is 49.4 Å². The number of pyridine rings is 1. The van der Waals surface area contributed by atoms with Gasteiger partial charge < -0.3 is 19.7 Å². The molecule has 0 unspecified atom stereocenters. The van der Waals surface area contributed by atoms with E-state index < -0.39 is 0 Å². The van der Waals surface area contributed by atoms with Crippen molar-refractivity contribution in [2.24, 2.45) is 5.92 Å². The van der Waals surface area contributed by atoms with Crippen LogP contribution in [0.25, 0.3) is 10.9 Å². The Hall–Kier alpha value is -2.90. The number of ether oxygens (including phenoxy) is 1. The summed E-state index contributed by atoms with van der Waals surface area (Å²) in [7, 11) is 1.67. The zero-order valence-electron chi connectivity index (χ0n) is 19.0. The van der Waals surface area contributed by atoms with Crippen LogP contribution in [0.4, 0.5) is 0 Å². The van der Waals surface area contributed by atoms with E-state index in [2.05, 4.69) is 33.1 Å². The van der Waals surface area contributed by atoms with Gasteiger partial charge in [0, 0.05) is 73.1 Å². The lowest BCUT2D eigenvalue weighted by Gasteiger charge is -2.56. The number of nitrogens with one attached hydrogen (secondary N) is 1. The molecule has 2 N–H and O–H groups in total. The fourth-order valence-corrected chi connectivity index (χ4v) is 5.88. The molecule has 2 aromatic heterocycles. The molecule has 1 saturated heterocycles. The Bertz CT molecular complexity index is 1180. The Labute approximate surface area is 193 Å². The average Bonchev–Trinajstić information content (AvgIpc) is 3.54. The molecular formula is C26H30N4O3. The lowest BCUT2D eigenvalue weighted by atomic mass is 9.68. The summed E-state index contributed by atoms with van der Waals surface area (Å²) in [4.78, 5) is 25.4. The number of nitrogens with zero attached hydrogens (tertiary/aromatic N) is 3. The fourth-order valence-electron chi connectivity index (χ4n) is 5.88. The number of amides is 1. The fraction of sp³-hybridized carbons (Fsp3) is 0.462. The third kappa shape index (κ3) is 3.50. The number of likely N-dealkylation sites (tertiary alicyclic amines) is 1. The molecule has 6 rings (SSSR count). The Morgan fingerprint density at radius 2 is 2.00 bits per heavy atom. The quantitative estimate of drug-likeness (QED) is 0.608. The van der Waals surface area contributed by atoms with Crippen molar-refractivity contribution in [2.45, 2.75) is 37.3 Å². The highest BCUT2D eigenvalue weighted by molar-refractivity contribution is 5.89. The van der Waals surface area contributed by atoms with Crippen molar-refractivity contribution in [3.05, 3.63) is 59.5 Å². The summed E-state index contributed by atoms with van der Waals surface area (Å²) >= 11 is 0. The first-order valence-electron chi connectivity index (χ1n) is 11.8. The normalized spacial score (nSPS) is 21.8. The van der Waals surface area contributed by atoms with Crippen LogP contribution < -0.4 is 4.74 Å². The summed E-state index contributed by atoms with van der Waals surface area (Å²) in [5, 5.41) is 11.6. The van der Waals surface area contributed by atoms with Crippen LogP contribution in [0.2, 0.25) is 0 Å². The predicted molar refractivity (Wildman–Crippen MR) is 125 cm³/mol. The molecule has 33 heavy (non-hydrogen) atoms. The zero-order valence-corrected chi connectivity index (χ0v) is 19.0. The minimum absolute atomic E-state index is 0.0792. The molecule has 1 aromatic carbocycles. The number of aromatic amines is 1. The van der Waals surface area contributed by atoms with Crippen LogP contribution >= 0.6 is 0 Å². The molecule has 3 aliphatic rings. The predicted octanol–water partition coefficient (Wildman–Crippen LogP) is 3.00. The van der Waals surface area contributed by atoms with Gasteiger partial charge in [-0.1, -0.05) is 0 Å². The van der Waals surface area contributed by atoms with Crippen molar-refractivity contribution >= 4 is 16.8 Å². The smallest absolute Gasteiger partial charge is 0.223 e. The van der Waals surface area contributed by atoms with Gasteiger partial charge in [0.2, 0.25) is 5.91 Å². The van der Waals surface area contributed by atoms with Crippen molar-refractivity contribution in [2.75, 3.05) is 33.4 Å². The van der Waals surface area contributed by atoms with E-state index in [1.54, 1.807) is 7.11 Å². The molecule has 4 heterocycles. The summed E-state index contributed by atoms with van der Waals surface area (Å²) < 4.78 is 5.45. The highest BCUT2D eigenvalue weighted by atomic mass is 16.5. The van der Waals surface area contributed by atoms with Gasteiger partial charge >= 0.3 is 0 Å². The van der Waals surface area contributed by atoms with Gasteiger partial charge in [-0.15, -0.1) is 0 Å². The van der Waals surface area contributed by atoms with E-state index in [-0.39, 0.29) is 24.0 Å². The molecule has 3 aromatic rings. The first-order valence-corrected chi connectivity index (χ1v) is 11.8. The Kier molecular flexibility index (Phi) is 4.92. The maximum Gasteiger partial charge on any atom is 0.223 e. The van der Waals surface area contributed by atoms with Crippen LogP contribution in [0.15, 0.2) is 42.7 Å². The summed E-state index contributed by atoms with van der Waals surface area (Å²) in [6.45, 7) is 3.21. The number of carbonyl (C=O) groups is 1. The third-order valence-electron chi connectivity index (χ3n) is 7.61.